The molecule has 0 spiro atoms. The maximum absolute atomic E-state index is 13.1. The van der Waals surface area contributed by atoms with Crippen LogP contribution in [0, 0.1) is 12.3 Å². The maximum atomic E-state index is 13.1. The largest absolute Gasteiger partial charge is 0.542 e. The number of amides is 1. The average Bonchev–Trinajstić information content (AvgIpc) is 3.33. The number of nitrogens with zero attached hydrogens (tertiary/aromatic N) is 1. The monoisotopic (exact) mass is 592 g/mol. The van der Waals surface area contributed by atoms with Gasteiger partial charge >= 0.3 is 5.97 Å². The lowest BCUT2D eigenvalue weighted by Gasteiger charge is -2.43. The van der Waals surface area contributed by atoms with E-state index in [4.69, 9.17) is 9.16 Å². The molecule has 7 heteroatoms. The molecule has 1 amide bonds. The average molecular weight is 593 g/mol. The molecule has 0 atom stereocenters. The van der Waals surface area contributed by atoms with Crippen LogP contribution in [0.4, 0.5) is 5.69 Å². The number of anilines is 1. The normalized spacial score (nSPS) is 12.6. The zero-order valence-corrected chi connectivity index (χ0v) is 28.8. The van der Waals surface area contributed by atoms with Gasteiger partial charge in [-0.1, -0.05) is 73.6 Å². The van der Waals surface area contributed by atoms with Crippen LogP contribution in [0.2, 0.25) is 16.6 Å². The fraction of sp³-hybridized carbons (Fsp3) is 0.543. The smallest absolute Gasteiger partial charge is 0.321 e. The van der Waals surface area contributed by atoms with E-state index in [2.05, 4.69) is 96.6 Å². The van der Waals surface area contributed by atoms with Crippen LogP contribution in [0.15, 0.2) is 42.6 Å². The molecule has 42 heavy (non-hydrogen) atoms. The molecule has 0 fully saturated rings. The van der Waals surface area contributed by atoms with Gasteiger partial charge in [-0.3, -0.25) is 9.59 Å². The van der Waals surface area contributed by atoms with E-state index in [9.17, 15) is 9.59 Å². The van der Waals surface area contributed by atoms with E-state index < -0.39 is 19.7 Å². The summed E-state index contributed by atoms with van der Waals surface area (Å²) in [4.78, 5) is 25.5. The Bertz CT molecular complexity index is 1400. The number of aromatic nitrogens is 1. The molecule has 0 saturated carbocycles. The molecule has 0 saturated heterocycles. The first-order chi connectivity index (χ1) is 19.6. The van der Waals surface area contributed by atoms with Gasteiger partial charge < -0.3 is 19.0 Å². The highest BCUT2D eigenvalue weighted by atomic mass is 28.4. The fourth-order valence-electron chi connectivity index (χ4n) is 6.41. The number of carbonyl (C=O) groups is 2. The lowest BCUT2D eigenvalue weighted by atomic mass is 9.92. The number of ether oxygens (including phenoxy) is 1. The van der Waals surface area contributed by atoms with E-state index in [-0.39, 0.29) is 12.5 Å². The van der Waals surface area contributed by atoms with Crippen molar-refractivity contribution in [1.29, 1.82) is 0 Å². The first kappa shape index (κ1) is 33.4. The van der Waals surface area contributed by atoms with Crippen molar-refractivity contribution < 1.29 is 18.8 Å². The van der Waals surface area contributed by atoms with Gasteiger partial charge in [-0.05, 0) is 85.1 Å². The van der Waals surface area contributed by atoms with Gasteiger partial charge in [-0.25, -0.2) is 0 Å². The molecular weight excluding hydrogens is 540 g/mol. The first-order valence-electron chi connectivity index (χ1n) is 15.5. The quantitative estimate of drug-likeness (QED) is 0.129. The SMILES string of the molecule is CCOC(=O)C(C)(C)C(=O)Nc1ccc(C)c2c1ccn2Cc1ccc(O[Si](C(C)C)(C(C)C)C(C)C)c(C(C)C)c1. The number of aryl methyl sites for hydroxylation is 1. The van der Waals surface area contributed by atoms with Gasteiger partial charge in [-0.15, -0.1) is 0 Å². The number of hydrogen-bond acceptors (Lipinski definition) is 4. The van der Waals surface area contributed by atoms with Crippen molar-refractivity contribution in [2.24, 2.45) is 5.41 Å². The van der Waals surface area contributed by atoms with E-state index >= 15 is 0 Å². The molecule has 0 radical (unpaired) electrons. The first-order valence-corrected chi connectivity index (χ1v) is 17.6. The summed E-state index contributed by atoms with van der Waals surface area (Å²) in [7, 11) is -2.08. The number of nitrogens with one attached hydrogen (secondary N) is 1. The molecule has 0 aliphatic heterocycles. The Labute approximate surface area is 254 Å². The molecule has 3 rings (SSSR count). The maximum Gasteiger partial charge on any atom is 0.321 e. The Balaban J connectivity index is 1.97. The standard InChI is InChI=1S/C35H52N2O4Si/c1-13-40-34(39)35(11,12)33(38)36-30-16-14-26(10)32-28(30)18-19-37(32)21-27-15-17-31(29(20-27)22(2)3)41-42(23(4)5,24(6)7)25(8)9/h14-20,22-25H,13,21H2,1-12H3,(H,36,38). The minimum Gasteiger partial charge on any atom is -0.542 e. The molecule has 0 aliphatic rings. The van der Waals surface area contributed by atoms with Crippen LogP contribution in [0.25, 0.3) is 10.9 Å². The van der Waals surface area contributed by atoms with Crippen molar-refractivity contribution in [2.75, 3.05) is 11.9 Å². The minimum absolute atomic E-state index is 0.231. The third-order valence-corrected chi connectivity index (χ3v) is 14.8. The molecule has 230 valence electrons. The van der Waals surface area contributed by atoms with Crippen molar-refractivity contribution in [2.45, 2.75) is 112 Å². The van der Waals surface area contributed by atoms with Gasteiger partial charge in [0, 0.05) is 18.1 Å². The van der Waals surface area contributed by atoms with E-state index in [1.807, 2.05) is 18.2 Å². The lowest BCUT2D eigenvalue weighted by Crippen LogP contribution is -2.50. The van der Waals surface area contributed by atoms with Gasteiger partial charge in [0.05, 0.1) is 17.8 Å². The highest BCUT2D eigenvalue weighted by Gasteiger charge is 2.47. The zero-order chi connectivity index (χ0) is 31.6. The minimum atomic E-state index is -2.08. The van der Waals surface area contributed by atoms with E-state index in [0.717, 1.165) is 22.2 Å². The number of carbonyl (C=O) groups excluding carboxylic acids is 2. The number of hydrogen-bond donors (Lipinski definition) is 1. The zero-order valence-electron chi connectivity index (χ0n) is 27.8. The predicted octanol–water partition coefficient (Wildman–Crippen LogP) is 9.20. The molecule has 6 nitrogen and oxygen atoms in total. The second kappa shape index (κ2) is 13.1. The topological polar surface area (TPSA) is 69.6 Å². The van der Waals surface area contributed by atoms with Crippen LogP contribution in [0.5, 0.6) is 5.75 Å². The predicted molar refractivity (Wildman–Crippen MR) is 177 cm³/mol. The van der Waals surface area contributed by atoms with E-state index in [0.29, 0.717) is 34.8 Å². The Morgan fingerprint density at radius 1 is 0.929 bits per heavy atom. The summed E-state index contributed by atoms with van der Waals surface area (Å²) < 4.78 is 14.5. The highest BCUT2D eigenvalue weighted by Crippen LogP contribution is 2.44. The molecule has 0 bridgehead atoms. The number of rotatable bonds is 12. The van der Waals surface area contributed by atoms with E-state index in [1.165, 1.54) is 11.1 Å². The Morgan fingerprint density at radius 3 is 2.10 bits per heavy atom. The van der Waals surface area contributed by atoms with Gasteiger partial charge in [0.25, 0.3) is 8.32 Å². The van der Waals surface area contributed by atoms with Crippen molar-refractivity contribution in [1.82, 2.24) is 4.57 Å². The van der Waals surface area contributed by atoms with Crippen LogP contribution in [0.3, 0.4) is 0 Å². The van der Waals surface area contributed by atoms with Gasteiger partial charge in [0.2, 0.25) is 5.91 Å². The van der Waals surface area contributed by atoms with Gasteiger partial charge in [0.1, 0.15) is 11.2 Å². The summed E-state index contributed by atoms with van der Waals surface area (Å²) in [5.41, 5.74) is 5.51. The van der Waals surface area contributed by atoms with E-state index in [1.54, 1.807) is 20.8 Å². The summed E-state index contributed by atoms with van der Waals surface area (Å²) in [5.74, 6) is 0.428. The van der Waals surface area contributed by atoms with Crippen molar-refractivity contribution in [3.8, 4) is 5.75 Å². The summed E-state index contributed by atoms with van der Waals surface area (Å²) in [6.45, 7) is 26.3. The summed E-state index contributed by atoms with van der Waals surface area (Å²) in [6.07, 6.45) is 2.07. The number of benzene rings is 2. The molecular formula is C35H52N2O4Si. The second-order valence-corrected chi connectivity index (χ2v) is 18.8. The summed E-state index contributed by atoms with van der Waals surface area (Å²) in [5, 5.41) is 3.92. The Morgan fingerprint density at radius 2 is 1.55 bits per heavy atom. The molecule has 1 aromatic heterocycles. The van der Waals surface area contributed by atoms with Crippen LogP contribution >= 0.6 is 0 Å². The number of esters is 1. The van der Waals surface area contributed by atoms with Crippen molar-refractivity contribution >= 4 is 36.8 Å². The number of fused-ring (bicyclic) bond motifs is 1. The highest BCUT2D eigenvalue weighted by molar-refractivity contribution is 6.78. The van der Waals surface area contributed by atoms with Crippen LogP contribution in [-0.2, 0) is 20.9 Å². The third-order valence-electron chi connectivity index (χ3n) is 8.77. The summed E-state index contributed by atoms with van der Waals surface area (Å²) in [6, 6.07) is 12.6. The third kappa shape index (κ3) is 6.46. The molecule has 1 N–H and O–H groups in total. The molecule has 2 aromatic carbocycles. The second-order valence-electron chi connectivity index (χ2n) is 13.4. The summed E-state index contributed by atoms with van der Waals surface area (Å²) >= 11 is 0. The lowest BCUT2D eigenvalue weighted by molar-refractivity contribution is -0.157. The van der Waals surface area contributed by atoms with Crippen LogP contribution in [0.1, 0.15) is 98.8 Å². The van der Waals surface area contributed by atoms with Gasteiger partial charge in [-0.2, -0.15) is 0 Å². The van der Waals surface area contributed by atoms with Crippen molar-refractivity contribution in [3.63, 3.8) is 0 Å². The molecule has 0 unspecified atom stereocenters. The molecule has 1 heterocycles. The Kier molecular flexibility index (Phi) is 10.4. The fourth-order valence-corrected chi connectivity index (χ4v) is 11.7. The van der Waals surface area contributed by atoms with Crippen LogP contribution < -0.4 is 9.74 Å². The molecule has 0 aliphatic carbocycles. The molecule has 3 aromatic rings. The van der Waals surface area contributed by atoms with Gasteiger partial charge in [0.15, 0.2) is 0 Å². The van der Waals surface area contributed by atoms with Crippen molar-refractivity contribution in [3.05, 3.63) is 59.3 Å². The Hall–Kier alpha value is -3.06. The van der Waals surface area contributed by atoms with Crippen LogP contribution in [-0.4, -0.2) is 31.4 Å².